The van der Waals surface area contributed by atoms with Crippen LogP contribution in [0.15, 0.2) is 24.3 Å². The van der Waals surface area contributed by atoms with Gasteiger partial charge in [0.05, 0.1) is 0 Å². The third kappa shape index (κ3) is 4.01. The predicted octanol–water partition coefficient (Wildman–Crippen LogP) is 5.55. The van der Waals surface area contributed by atoms with Gasteiger partial charge in [-0.05, 0) is 49.3 Å². The Morgan fingerprint density at radius 1 is 1.00 bits per heavy atom. The van der Waals surface area contributed by atoms with Crippen LogP contribution in [0.4, 0.5) is 0 Å². The zero-order valence-corrected chi connectivity index (χ0v) is 13.2. The molecule has 1 aromatic carbocycles. The van der Waals surface area contributed by atoms with Gasteiger partial charge < -0.3 is 0 Å². The van der Waals surface area contributed by atoms with E-state index < -0.39 is 3.79 Å². The molecule has 0 aromatic heterocycles. The predicted molar refractivity (Wildman–Crippen MR) is 81.4 cm³/mol. The Bertz CT molecular complexity index is 442. The Hall–Kier alpha value is 0.0500. The summed E-state index contributed by atoms with van der Waals surface area (Å²) >= 11 is 22.8. The molecule has 0 amide bonds. The molecule has 1 nitrogen and oxygen atoms in total. The summed E-state index contributed by atoms with van der Waals surface area (Å²) in [6.45, 7) is 0. The molecule has 0 radical (unpaired) electrons. The number of rotatable bonds is 2. The largest absolute Gasteiger partial charge is 0.295 e. The lowest BCUT2D eigenvalue weighted by molar-refractivity contribution is -0.123. The molecule has 0 bridgehead atoms. The molecule has 0 unspecified atom stereocenters. The van der Waals surface area contributed by atoms with Gasteiger partial charge >= 0.3 is 0 Å². The molecule has 0 saturated heterocycles. The van der Waals surface area contributed by atoms with Crippen LogP contribution >= 0.6 is 46.4 Å². The first-order valence-electron chi connectivity index (χ1n) is 6.24. The van der Waals surface area contributed by atoms with Crippen LogP contribution in [0.25, 0.3) is 0 Å². The van der Waals surface area contributed by atoms with Gasteiger partial charge in [-0.15, -0.1) is 0 Å². The fraction of sp³-hybridized carbons (Fsp3) is 0.500. The van der Waals surface area contributed by atoms with Gasteiger partial charge in [0.25, 0.3) is 0 Å². The van der Waals surface area contributed by atoms with Crippen molar-refractivity contribution in [1.82, 2.24) is 0 Å². The van der Waals surface area contributed by atoms with Crippen LogP contribution < -0.4 is 0 Å². The van der Waals surface area contributed by atoms with Crippen molar-refractivity contribution in [2.24, 2.45) is 5.92 Å². The molecular formula is C14H14Cl4O. The minimum absolute atomic E-state index is 0.129. The van der Waals surface area contributed by atoms with Gasteiger partial charge in [0.2, 0.25) is 3.79 Å². The number of benzene rings is 1. The SMILES string of the molecule is O=C(C1CCC(c2ccc(Cl)cc2)CC1)C(Cl)(Cl)Cl. The van der Waals surface area contributed by atoms with Gasteiger partial charge in [-0.1, -0.05) is 58.5 Å². The van der Waals surface area contributed by atoms with Gasteiger partial charge in [0, 0.05) is 10.9 Å². The summed E-state index contributed by atoms with van der Waals surface area (Å²) in [7, 11) is 0. The molecule has 0 atom stereocenters. The first-order valence-corrected chi connectivity index (χ1v) is 7.75. The molecule has 1 saturated carbocycles. The standard InChI is InChI=1S/C14H14Cl4O/c15-12-7-5-10(6-8-12)9-1-3-11(4-2-9)13(19)14(16,17)18/h5-9,11H,1-4H2. The second kappa shape index (κ2) is 6.22. The van der Waals surface area contributed by atoms with Gasteiger partial charge in [-0.25, -0.2) is 0 Å². The number of hydrogen-bond donors (Lipinski definition) is 0. The van der Waals surface area contributed by atoms with E-state index in [1.165, 1.54) is 5.56 Å². The maximum atomic E-state index is 11.9. The minimum Gasteiger partial charge on any atom is -0.295 e. The quantitative estimate of drug-likeness (QED) is 0.645. The third-order valence-electron chi connectivity index (χ3n) is 3.72. The average Bonchev–Trinajstić information content (AvgIpc) is 2.38. The van der Waals surface area contributed by atoms with E-state index in [-0.39, 0.29) is 11.7 Å². The van der Waals surface area contributed by atoms with Crippen molar-refractivity contribution in [2.75, 3.05) is 0 Å². The minimum atomic E-state index is -1.78. The summed E-state index contributed by atoms with van der Waals surface area (Å²) in [4.78, 5) is 11.9. The molecule has 0 heterocycles. The van der Waals surface area contributed by atoms with Crippen LogP contribution in [0.3, 0.4) is 0 Å². The van der Waals surface area contributed by atoms with E-state index >= 15 is 0 Å². The van der Waals surface area contributed by atoms with Crippen molar-refractivity contribution in [3.63, 3.8) is 0 Å². The van der Waals surface area contributed by atoms with Crippen molar-refractivity contribution in [3.8, 4) is 0 Å². The highest BCUT2D eigenvalue weighted by Crippen LogP contribution is 2.40. The molecule has 19 heavy (non-hydrogen) atoms. The van der Waals surface area contributed by atoms with E-state index in [0.29, 0.717) is 5.92 Å². The highest BCUT2D eigenvalue weighted by molar-refractivity contribution is 6.76. The van der Waals surface area contributed by atoms with Crippen LogP contribution in [0.5, 0.6) is 0 Å². The van der Waals surface area contributed by atoms with E-state index in [1.807, 2.05) is 24.3 Å². The molecule has 1 aliphatic carbocycles. The van der Waals surface area contributed by atoms with E-state index in [0.717, 1.165) is 30.7 Å². The Morgan fingerprint density at radius 3 is 2.00 bits per heavy atom. The first-order chi connectivity index (χ1) is 8.88. The summed E-state index contributed by atoms with van der Waals surface area (Å²) in [6, 6.07) is 7.89. The number of carbonyl (C=O) groups excluding carboxylic acids is 1. The van der Waals surface area contributed by atoms with Gasteiger partial charge in [-0.3, -0.25) is 4.79 Å². The highest BCUT2D eigenvalue weighted by Gasteiger charge is 2.38. The second-order valence-corrected chi connectivity index (χ2v) is 7.68. The number of carbonyl (C=O) groups is 1. The van der Waals surface area contributed by atoms with E-state index in [1.54, 1.807) is 0 Å². The fourth-order valence-corrected chi connectivity index (χ4v) is 3.24. The Morgan fingerprint density at radius 2 is 1.53 bits per heavy atom. The van der Waals surface area contributed by atoms with Crippen LogP contribution in [0.2, 0.25) is 5.02 Å². The maximum Gasteiger partial charge on any atom is 0.248 e. The zero-order chi connectivity index (χ0) is 14.0. The summed E-state index contributed by atoms with van der Waals surface area (Å²) in [5, 5.41) is 0.740. The Kier molecular flexibility index (Phi) is 5.05. The Balaban J connectivity index is 1.96. The summed E-state index contributed by atoms with van der Waals surface area (Å²) in [6.07, 6.45) is 3.44. The van der Waals surface area contributed by atoms with Crippen LogP contribution in [0.1, 0.15) is 37.2 Å². The topological polar surface area (TPSA) is 17.1 Å². The van der Waals surface area contributed by atoms with Crippen molar-refractivity contribution in [3.05, 3.63) is 34.9 Å². The van der Waals surface area contributed by atoms with E-state index in [2.05, 4.69) is 0 Å². The molecule has 1 fully saturated rings. The highest BCUT2D eigenvalue weighted by atomic mass is 35.6. The normalized spacial score (nSPS) is 24.2. The van der Waals surface area contributed by atoms with Crippen molar-refractivity contribution in [1.29, 1.82) is 0 Å². The van der Waals surface area contributed by atoms with Crippen molar-refractivity contribution < 1.29 is 4.79 Å². The lowest BCUT2D eigenvalue weighted by Gasteiger charge is -2.29. The van der Waals surface area contributed by atoms with Gasteiger partial charge in [0.15, 0.2) is 5.78 Å². The Labute approximate surface area is 133 Å². The molecule has 2 rings (SSSR count). The zero-order valence-electron chi connectivity index (χ0n) is 10.2. The fourth-order valence-electron chi connectivity index (χ4n) is 2.66. The van der Waals surface area contributed by atoms with Crippen molar-refractivity contribution in [2.45, 2.75) is 35.4 Å². The number of Topliss-reactive ketones (excluding diaryl/α,β-unsaturated/α-hetero) is 1. The first kappa shape index (κ1) is 15.4. The smallest absolute Gasteiger partial charge is 0.248 e. The summed E-state index contributed by atoms with van der Waals surface area (Å²) in [5.41, 5.74) is 1.27. The van der Waals surface area contributed by atoms with Gasteiger partial charge in [-0.2, -0.15) is 0 Å². The molecule has 1 aliphatic rings. The van der Waals surface area contributed by atoms with Crippen LogP contribution in [-0.4, -0.2) is 9.58 Å². The number of ketones is 1. The number of alkyl halides is 3. The van der Waals surface area contributed by atoms with Gasteiger partial charge in [0.1, 0.15) is 0 Å². The number of halogens is 4. The molecule has 0 spiro atoms. The summed E-state index contributed by atoms with van der Waals surface area (Å²) < 4.78 is -1.78. The second-order valence-electron chi connectivity index (χ2n) is 4.96. The molecule has 104 valence electrons. The molecule has 0 aliphatic heterocycles. The lowest BCUT2D eigenvalue weighted by atomic mass is 9.77. The third-order valence-corrected chi connectivity index (χ3v) is 4.53. The average molecular weight is 340 g/mol. The molecule has 5 heteroatoms. The molecule has 1 aromatic rings. The summed E-state index contributed by atoms with van der Waals surface area (Å²) in [5.74, 6) is 0.0693. The van der Waals surface area contributed by atoms with Crippen LogP contribution in [-0.2, 0) is 4.79 Å². The van der Waals surface area contributed by atoms with Crippen molar-refractivity contribution >= 4 is 52.2 Å². The molecule has 0 N–H and O–H groups in total. The van der Waals surface area contributed by atoms with E-state index in [4.69, 9.17) is 46.4 Å². The monoisotopic (exact) mass is 338 g/mol. The lowest BCUT2D eigenvalue weighted by Crippen LogP contribution is -2.30. The number of hydrogen-bond acceptors (Lipinski definition) is 1. The van der Waals surface area contributed by atoms with E-state index in [9.17, 15) is 4.79 Å². The maximum absolute atomic E-state index is 11.9. The molecular weight excluding hydrogens is 326 g/mol. The van der Waals surface area contributed by atoms with Crippen LogP contribution in [0, 0.1) is 5.92 Å².